The Kier molecular flexibility index (Phi) is 2.46. The number of thiophene rings is 2. The van der Waals surface area contributed by atoms with Gasteiger partial charge in [0.25, 0.3) is 0 Å². The second kappa shape index (κ2) is 4.56. The average Bonchev–Trinajstić information content (AvgIpc) is 3.19. The first-order valence-corrected chi connectivity index (χ1v) is 9.68. The fourth-order valence-electron chi connectivity index (χ4n) is 3.85. The van der Waals surface area contributed by atoms with Crippen molar-refractivity contribution in [1.29, 1.82) is 0 Å². The summed E-state index contributed by atoms with van der Waals surface area (Å²) in [7, 11) is 0. The maximum Gasteiger partial charge on any atom is 0.0362 e. The van der Waals surface area contributed by atoms with Gasteiger partial charge in [0.2, 0.25) is 0 Å². The van der Waals surface area contributed by atoms with Crippen LogP contribution < -0.4 is 0 Å². The van der Waals surface area contributed by atoms with Crippen molar-refractivity contribution >= 4 is 73.8 Å². The molecule has 0 aliphatic rings. The maximum absolute atomic E-state index is 2.28. The maximum atomic E-state index is 2.28. The predicted molar refractivity (Wildman–Crippen MR) is 110 cm³/mol. The van der Waals surface area contributed by atoms with Gasteiger partial charge >= 0.3 is 0 Å². The first kappa shape index (κ1) is 12.9. The Labute approximate surface area is 146 Å². The van der Waals surface area contributed by atoms with Crippen molar-refractivity contribution < 1.29 is 0 Å². The van der Waals surface area contributed by atoms with Crippen LogP contribution in [0, 0.1) is 0 Å². The summed E-state index contributed by atoms with van der Waals surface area (Å²) in [5.41, 5.74) is 0. The molecule has 0 aliphatic carbocycles. The molecule has 112 valence electrons. The minimum absolute atomic E-state index is 1.34. The van der Waals surface area contributed by atoms with E-state index in [4.69, 9.17) is 0 Å². The van der Waals surface area contributed by atoms with E-state index in [9.17, 15) is 0 Å². The highest BCUT2D eigenvalue weighted by Crippen LogP contribution is 2.44. The molecule has 0 N–H and O–H groups in total. The van der Waals surface area contributed by atoms with Gasteiger partial charge in [-0.05, 0) is 29.7 Å². The molecule has 0 nitrogen and oxygen atoms in total. The van der Waals surface area contributed by atoms with Gasteiger partial charge in [-0.3, -0.25) is 0 Å². The van der Waals surface area contributed by atoms with Crippen LogP contribution in [0.1, 0.15) is 0 Å². The standard InChI is InChI=1S/C22H12S2/c1-3-7-16-14(5-1)21-18(23-16)11-9-13-10-12-19-22(20(13)21)15-6-2-4-8-17(15)24-19/h1-12H. The lowest BCUT2D eigenvalue weighted by atomic mass is 9.99. The highest BCUT2D eigenvalue weighted by atomic mass is 32.1. The van der Waals surface area contributed by atoms with Crippen molar-refractivity contribution in [2.24, 2.45) is 0 Å². The van der Waals surface area contributed by atoms with Crippen molar-refractivity contribution in [2.45, 2.75) is 0 Å². The quantitative estimate of drug-likeness (QED) is 0.267. The minimum atomic E-state index is 1.34. The molecule has 2 heterocycles. The van der Waals surface area contributed by atoms with E-state index in [-0.39, 0.29) is 0 Å². The van der Waals surface area contributed by atoms with Crippen LogP contribution in [0.5, 0.6) is 0 Å². The van der Waals surface area contributed by atoms with Crippen molar-refractivity contribution in [2.75, 3.05) is 0 Å². The van der Waals surface area contributed by atoms with Gasteiger partial charge in [-0.25, -0.2) is 0 Å². The number of benzene rings is 4. The van der Waals surface area contributed by atoms with Gasteiger partial charge in [0, 0.05) is 45.7 Å². The van der Waals surface area contributed by atoms with Crippen molar-refractivity contribution in [3.05, 3.63) is 72.8 Å². The molecule has 6 rings (SSSR count). The van der Waals surface area contributed by atoms with E-state index in [1.165, 1.54) is 51.1 Å². The van der Waals surface area contributed by atoms with E-state index >= 15 is 0 Å². The van der Waals surface area contributed by atoms with Crippen LogP contribution in [0.3, 0.4) is 0 Å². The third-order valence-corrected chi connectivity index (χ3v) is 7.13. The van der Waals surface area contributed by atoms with Crippen LogP contribution in [0.4, 0.5) is 0 Å². The number of hydrogen-bond acceptors (Lipinski definition) is 2. The third kappa shape index (κ3) is 1.57. The van der Waals surface area contributed by atoms with Gasteiger partial charge in [0.15, 0.2) is 0 Å². The summed E-state index contributed by atoms with van der Waals surface area (Å²) < 4.78 is 5.51. The van der Waals surface area contributed by atoms with Crippen LogP contribution in [0.2, 0.25) is 0 Å². The van der Waals surface area contributed by atoms with Gasteiger partial charge in [0.05, 0.1) is 0 Å². The molecule has 6 aromatic rings. The zero-order chi connectivity index (χ0) is 15.7. The summed E-state index contributed by atoms with van der Waals surface area (Å²) in [5.74, 6) is 0. The topological polar surface area (TPSA) is 0 Å². The summed E-state index contributed by atoms with van der Waals surface area (Å²) in [6.07, 6.45) is 0. The smallest absolute Gasteiger partial charge is 0.0362 e. The Morgan fingerprint density at radius 2 is 0.917 bits per heavy atom. The van der Waals surface area contributed by atoms with E-state index < -0.39 is 0 Å². The number of fused-ring (bicyclic) bond motifs is 9. The predicted octanol–water partition coefficient (Wildman–Crippen LogP) is 7.58. The summed E-state index contributed by atoms with van der Waals surface area (Å²) >= 11 is 3.79. The lowest BCUT2D eigenvalue weighted by Crippen LogP contribution is -1.76. The van der Waals surface area contributed by atoms with Gasteiger partial charge < -0.3 is 0 Å². The summed E-state index contributed by atoms with van der Waals surface area (Å²) in [6.45, 7) is 0. The second-order valence-electron chi connectivity index (χ2n) is 6.17. The Bertz CT molecular complexity index is 1290. The molecule has 0 fully saturated rings. The molecule has 4 aromatic carbocycles. The third-order valence-electron chi connectivity index (χ3n) is 4.86. The summed E-state index contributed by atoms with van der Waals surface area (Å²) in [5, 5.41) is 8.35. The molecule has 0 bridgehead atoms. The average molecular weight is 340 g/mol. The zero-order valence-corrected chi connectivity index (χ0v) is 14.4. The molecule has 0 radical (unpaired) electrons. The van der Waals surface area contributed by atoms with Crippen LogP contribution in [0.25, 0.3) is 51.1 Å². The van der Waals surface area contributed by atoms with Crippen molar-refractivity contribution in [3.63, 3.8) is 0 Å². The monoisotopic (exact) mass is 340 g/mol. The SMILES string of the molecule is c1ccc2c(c1)sc1ccc3ccc4sc5ccccc5c4c3c12. The fourth-order valence-corrected chi connectivity index (χ4v) is 6.07. The molecule has 0 spiro atoms. The van der Waals surface area contributed by atoms with E-state index in [1.807, 2.05) is 22.7 Å². The van der Waals surface area contributed by atoms with Crippen LogP contribution in [-0.4, -0.2) is 0 Å². The van der Waals surface area contributed by atoms with E-state index in [2.05, 4.69) is 72.8 Å². The van der Waals surface area contributed by atoms with Crippen LogP contribution >= 0.6 is 22.7 Å². The molecule has 0 unspecified atom stereocenters. The lowest BCUT2D eigenvalue weighted by Gasteiger charge is -2.04. The molecule has 0 saturated carbocycles. The molecule has 2 heteroatoms. The number of rotatable bonds is 0. The lowest BCUT2D eigenvalue weighted by molar-refractivity contribution is 1.86. The highest BCUT2D eigenvalue weighted by molar-refractivity contribution is 7.26. The molecular weight excluding hydrogens is 328 g/mol. The Hall–Kier alpha value is -2.42. The largest absolute Gasteiger partial charge is 0.135 e. The van der Waals surface area contributed by atoms with E-state index in [0.717, 1.165) is 0 Å². The zero-order valence-electron chi connectivity index (χ0n) is 12.7. The van der Waals surface area contributed by atoms with Crippen LogP contribution in [0.15, 0.2) is 72.8 Å². The number of hydrogen-bond donors (Lipinski definition) is 0. The molecule has 2 aromatic heterocycles. The van der Waals surface area contributed by atoms with E-state index in [0.29, 0.717) is 0 Å². The minimum Gasteiger partial charge on any atom is -0.135 e. The fraction of sp³-hybridized carbons (Fsp3) is 0. The summed E-state index contributed by atoms with van der Waals surface area (Å²) in [4.78, 5) is 0. The van der Waals surface area contributed by atoms with Gasteiger partial charge in [0.1, 0.15) is 0 Å². The van der Waals surface area contributed by atoms with Gasteiger partial charge in [-0.1, -0.05) is 48.5 Å². The molecular formula is C22H12S2. The van der Waals surface area contributed by atoms with E-state index in [1.54, 1.807) is 0 Å². The Morgan fingerprint density at radius 3 is 1.46 bits per heavy atom. The van der Waals surface area contributed by atoms with Crippen LogP contribution in [-0.2, 0) is 0 Å². The molecule has 0 amide bonds. The first-order chi connectivity index (χ1) is 11.9. The van der Waals surface area contributed by atoms with Gasteiger partial charge in [-0.15, -0.1) is 22.7 Å². The highest BCUT2D eigenvalue weighted by Gasteiger charge is 2.14. The molecule has 0 saturated heterocycles. The molecule has 0 atom stereocenters. The van der Waals surface area contributed by atoms with Crippen molar-refractivity contribution in [3.8, 4) is 0 Å². The molecule has 24 heavy (non-hydrogen) atoms. The van der Waals surface area contributed by atoms with Crippen molar-refractivity contribution in [1.82, 2.24) is 0 Å². The molecule has 0 aliphatic heterocycles. The van der Waals surface area contributed by atoms with Gasteiger partial charge in [-0.2, -0.15) is 0 Å². The second-order valence-corrected chi connectivity index (χ2v) is 8.34. The first-order valence-electron chi connectivity index (χ1n) is 8.04. The Balaban J connectivity index is 2.02. The Morgan fingerprint density at radius 1 is 0.417 bits per heavy atom. The normalized spacial score (nSPS) is 12.2. The summed E-state index contributed by atoms with van der Waals surface area (Å²) in [6, 6.07) is 26.7.